The maximum absolute atomic E-state index is 13.3. The molecule has 4 N–H and O–H groups in total. The molecule has 17 heavy (non-hydrogen) atoms. The van der Waals surface area contributed by atoms with Crippen LogP contribution in [-0.2, 0) is 6.18 Å². The van der Waals surface area contributed by atoms with Gasteiger partial charge >= 0.3 is 6.18 Å². The summed E-state index contributed by atoms with van der Waals surface area (Å²) < 4.78 is 51.4. The van der Waals surface area contributed by atoms with Gasteiger partial charge in [-0.25, -0.2) is 9.37 Å². The van der Waals surface area contributed by atoms with Crippen molar-refractivity contribution in [1.82, 2.24) is 4.98 Å². The molecular formula is C10H7F4N3. The number of benzene rings is 1. The number of aromatic nitrogens is 1. The third kappa shape index (κ3) is 1.83. The summed E-state index contributed by atoms with van der Waals surface area (Å²) in [6, 6.07) is 3.11. The Morgan fingerprint density at radius 3 is 2.35 bits per heavy atom. The zero-order chi connectivity index (χ0) is 12.8. The number of hydrogen-bond acceptors (Lipinski definition) is 3. The molecular weight excluding hydrogens is 238 g/mol. The maximum atomic E-state index is 13.3. The summed E-state index contributed by atoms with van der Waals surface area (Å²) in [6.45, 7) is 0. The molecule has 0 atom stereocenters. The van der Waals surface area contributed by atoms with Crippen molar-refractivity contribution < 1.29 is 17.6 Å². The molecule has 3 nitrogen and oxygen atoms in total. The molecule has 90 valence electrons. The molecule has 0 radical (unpaired) electrons. The van der Waals surface area contributed by atoms with Gasteiger partial charge in [-0.15, -0.1) is 0 Å². The quantitative estimate of drug-likeness (QED) is 0.701. The van der Waals surface area contributed by atoms with Crippen LogP contribution in [0.5, 0.6) is 0 Å². The van der Waals surface area contributed by atoms with E-state index in [0.717, 1.165) is 6.07 Å². The number of fused-ring (bicyclic) bond motifs is 1. The Bertz CT molecular complexity index is 592. The van der Waals surface area contributed by atoms with Crippen molar-refractivity contribution in [3.63, 3.8) is 0 Å². The van der Waals surface area contributed by atoms with Crippen LogP contribution in [0.15, 0.2) is 18.2 Å². The van der Waals surface area contributed by atoms with E-state index in [1.165, 1.54) is 12.1 Å². The molecule has 0 aliphatic heterocycles. The maximum Gasteiger partial charge on any atom is 0.419 e. The first kappa shape index (κ1) is 11.4. The van der Waals surface area contributed by atoms with E-state index in [1.807, 2.05) is 0 Å². The Balaban J connectivity index is 2.95. The molecule has 0 fully saturated rings. The predicted octanol–water partition coefficient (Wildman–Crippen LogP) is 2.56. The molecule has 0 spiro atoms. The van der Waals surface area contributed by atoms with Gasteiger partial charge in [0.05, 0.1) is 0 Å². The standard InChI is InChI=1S/C10H7F4N3/c11-5-2-1-4-3-6(15)17-9(16)7(4)8(5)10(12,13)14/h1-3H,(H4,15,16,17). The van der Waals surface area contributed by atoms with Gasteiger partial charge in [-0.3, -0.25) is 0 Å². The van der Waals surface area contributed by atoms with Crippen LogP contribution < -0.4 is 11.5 Å². The summed E-state index contributed by atoms with van der Waals surface area (Å²) in [5.41, 5.74) is 9.30. The number of halogens is 4. The highest BCUT2D eigenvalue weighted by Crippen LogP contribution is 2.38. The van der Waals surface area contributed by atoms with Crippen molar-refractivity contribution in [1.29, 1.82) is 0 Å². The first-order valence-corrected chi connectivity index (χ1v) is 4.52. The number of pyridine rings is 1. The van der Waals surface area contributed by atoms with Crippen molar-refractivity contribution in [2.24, 2.45) is 0 Å². The molecule has 2 rings (SSSR count). The molecule has 0 bridgehead atoms. The zero-order valence-electron chi connectivity index (χ0n) is 8.35. The lowest BCUT2D eigenvalue weighted by Crippen LogP contribution is -2.11. The molecule has 0 aliphatic carbocycles. The lowest BCUT2D eigenvalue weighted by Gasteiger charge is -2.13. The SMILES string of the molecule is Nc1cc2ccc(F)c(C(F)(F)F)c2c(N)n1. The number of nitrogens with two attached hydrogens (primary N) is 2. The molecule has 7 heteroatoms. The Kier molecular flexibility index (Phi) is 2.34. The highest BCUT2D eigenvalue weighted by molar-refractivity contribution is 5.95. The number of alkyl halides is 3. The lowest BCUT2D eigenvalue weighted by atomic mass is 10.0. The minimum atomic E-state index is -4.84. The molecule has 1 aromatic heterocycles. The van der Waals surface area contributed by atoms with Gasteiger partial charge in [0.25, 0.3) is 0 Å². The van der Waals surface area contributed by atoms with Crippen LogP contribution in [0.3, 0.4) is 0 Å². The van der Waals surface area contributed by atoms with E-state index < -0.39 is 28.8 Å². The Hall–Kier alpha value is -2.05. The minimum Gasteiger partial charge on any atom is -0.384 e. The van der Waals surface area contributed by atoms with Crippen LogP contribution in [0.4, 0.5) is 29.2 Å². The highest BCUT2D eigenvalue weighted by Gasteiger charge is 2.37. The van der Waals surface area contributed by atoms with Crippen LogP contribution in [0, 0.1) is 5.82 Å². The normalized spacial score (nSPS) is 12.0. The van der Waals surface area contributed by atoms with E-state index in [0.29, 0.717) is 0 Å². The van der Waals surface area contributed by atoms with Crippen LogP contribution in [0.25, 0.3) is 10.8 Å². The average Bonchev–Trinajstić information content (AvgIpc) is 2.16. The fourth-order valence-electron chi connectivity index (χ4n) is 1.65. The van der Waals surface area contributed by atoms with Gasteiger partial charge < -0.3 is 11.5 Å². The van der Waals surface area contributed by atoms with Crippen molar-refractivity contribution >= 4 is 22.4 Å². The minimum absolute atomic E-state index is 0.0188. The second-order valence-corrected chi connectivity index (χ2v) is 3.45. The van der Waals surface area contributed by atoms with E-state index in [4.69, 9.17) is 11.5 Å². The molecule has 1 aromatic carbocycles. The smallest absolute Gasteiger partial charge is 0.384 e. The second kappa shape index (κ2) is 3.47. The van der Waals surface area contributed by atoms with Gasteiger partial charge in [0.2, 0.25) is 0 Å². The van der Waals surface area contributed by atoms with Crippen molar-refractivity contribution in [2.75, 3.05) is 11.5 Å². The molecule has 2 aromatic rings. The third-order valence-corrected chi connectivity index (χ3v) is 2.28. The molecule has 0 unspecified atom stereocenters. The van der Waals surface area contributed by atoms with Crippen LogP contribution in [-0.4, -0.2) is 4.98 Å². The number of anilines is 2. The molecule has 0 amide bonds. The van der Waals surface area contributed by atoms with E-state index in [2.05, 4.69) is 4.98 Å². The number of nitrogen functional groups attached to an aromatic ring is 2. The Morgan fingerprint density at radius 1 is 1.12 bits per heavy atom. The molecule has 1 heterocycles. The van der Waals surface area contributed by atoms with Crippen LogP contribution >= 0.6 is 0 Å². The van der Waals surface area contributed by atoms with Crippen molar-refractivity contribution in [3.05, 3.63) is 29.6 Å². The first-order valence-electron chi connectivity index (χ1n) is 4.52. The molecule has 0 saturated heterocycles. The summed E-state index contributed by atoms with van der Waals surface area (Å²) in [7, 11) is 0. The Labute approximate surface area is 93.0 Å². The van der Waals surface area contributed by atoms with Crippen LogP contribution in [0.1, 0.15) is 5.56 Å². The van der Waals surface area contributed by atoms with Gasteiger partial charge in [-0.05, 0) is 17.5 Å². The monoisotopic (exact) mass is 245 g/mol. The van der Waals surface area contributed by atoms with E-state index in [1.54, 1.807) is 0 Å². The predicted molar refractivity (Wildman–Crippen MR) is 55.5 cm³/mol. The van der Waals surface area contributed by atoms with Crippen molar-refractivity contribution in [3.8, 4) is 0 Å². The fraction of sp³-hybridized carbons (Fsp3) is 0.100. The topological polar surface area (TPSA) is 64.9 Å². The summed E-state index contributed by atoms with van der Waals surface area (Å²) in [5, 5.41) is -0.365. The van der Waals surface area contributed by atoms with Crippen molar-refractivity contribution in [2.45, 2.75) is 6.18 Å². The van der Waals surface area contributed by atoms with E-state index in [-0.39, 0.29) is 11.2 Å². The van der Waals surface area contributed by atoms with Gasteiger partial charge in [0, 0.05) is 5.39 Å². The molecule has 0 saturated carbocycles. The summed E-state index contributed by atoms with van der Waals surface area (Å²) in [6.07, 6.45) is -4.84. The summed E-state index contributed by atoms with van der Waals surface area (Å²) in [4.78, 5) is 3.51. The molecule has 0 aliphatic rings. The first-order chi connectivity index (χ1) is 7.80. The summed E-state index contributed by atoms with van der Waals surface area (Å²) >= 11 is 0. The van der Waals surface area contributed by atoms with Gasteiger partial charge in [-0.2, -0.15) is 13.2 Å². The van der Waals surface area contributed by atoms with E-state index in [9.17, 15) is 17.6 Å². The lowest BCUT2D eigenvalue weighted by molar-refractivity contribution is -0.138. The number of nitrogens with zero attached hydrogens (tertiary/aromatic N) is 1. The average molecular weight is 245 g/mol. The van der Waals surface area contributed by atoms with Crippen LogP contribution in [0.2, 0.25) is 0 Å². The second-order valence-electron chi connectivity index (χ2n) is 3.45. The number of hydrogen-bond donors (Lipinski definition) is 2. The fourth-order valence-corrected chi connectivity index (χ4v) is 1.65. The number of rotatable bonds is 0. The third-order valence-electron chi connectivity index (χ3n) is 2.28. The largest absolute Gasteiger partial charge is 0.419 e. The van der Waals surface area contributed by atoms with E-state index >= 15 is 0 Å². The Morgan fingerprint density at radius 2 is 1.76 bits per heavy atom. The summed E-state index contributed by atoms with van der Waals surface area (Å²) in [5.74, 6) is -1.84. The van der Waals surface area contributed by atoms with Gasteiger partial charge in [0.1, 0.15) is 23.0 Å². The zero-order valence-corrected chi connectivity index (χ0v) is 8.35. The van der Waals surface area contributed by atoms with Gasteiger partial charge in [-0.1, -0.05) is 6.07 Å². The highest BCUT2D eigenvalue weighted by atomic mass is 19.4. The van der Waals surface area contributed by atoms with Gasteiger partial charge in [0.15, 0.2) is 0 Å².